The summed E-state index contributed by atoms with van der Waals surface area (Å²) in [5, 5.41) is 72.7. The van der Waals surface area contributed by atoms with Crippen LogP contribution in [0.2, 0.25) is 0 Å². The third kappa shape index (κ3) is 8.06. The summed E-state index contributed by atoms with van der Waals surface area (Å²) in [6, 6.07) is 9.29. The topological polar surface area (TPSA) is 223 Å². The van der Waals surface area contributed by atoms with E-state index in [1.54, 1.807) is 18.2 Å². The predicted molar refractivity (Wildman–Crippen MR) is 157 cm³/mol. The minimum Gasteiger partial charge on any atom is -0.504 e. The maximum atomic E-state index is 12.9. The number of aliphatic hydroxyl groups excluding tert-OH is 5. The Morgan fingerprint density at radius 3 is 2.33 bits per heavy atom. The number of methoxy groups -OCH3 is 2. The highest BCUT2D eigenvalue weighted by Gasteiger charge is 2.52. The minimum atomic E-state index is -1.76. The molecule has 2 aromatic rings. The summed E-state index contributed by atoms with van der Waals surface area (Å²) in [6.45, 7) is 0.639. The summed E-state index contributed by atoms with van der Waals surface area (Å²) in [5.74, 6) is -0.680. The van der Waals surface area contributed by atoms with Crippen LogP contribution in [0.4, 0.5) is 0 Å². The normalized spacial score (nSPS) is 31.5. The molecule has 2 fully saturated rings. The lowest BCUT2D eigenvalue weighted by Gasteiger charge is -2.46. The van der Waals surface area contributed by atoms with Crippen LogP contribution in [0, 0.1) is 0 Å². The fraction of sp³-hybridized carbons (Fsp3) is 0.516. The van der Waals surface area contributed by atoms with Gasteiger partial charge in [0.1, 0.15) is 36.6 Å². The van der Waals surface area contributed by atoms with E-state index in [0.29, 0.717) is 11.1 Å². The zero-order valence-corrected chi connectivity index (χ0v) is 25.4. The summed E-state index contributed by atoms with van der Waals surface area (Å²) in [7, 11) is 2.78. The van der Waals surface area contributed by atoms with Crippen LogP contribution in [0.3, 0.4) is 0 Å². The monoisotopic (exact) mass is 652 g/mol. The minimum absolute atomic E-state index is 0.0822. The van der Waals surface area contributed by atoms with Crippen molar-refractivity contribution in [3.05, 3.63) is 53.6 Å². The van der Waals surface area contributed by atoms with Gasteiger partial charge in [0.25, 0.3) is 0 Å². The highest BCUT2D eigenvalue weighted by molar-refractivity contribution is 5.87. The largest absolute Gasteiger partial charge is 0.504 e. The first-order valence-electron chi connectivity index (χ1n) is 14.5. The molecule has 0 bridgehead atoms. The molecule has 15 heteroatoms. The quantitative estimate of drug-likeness (QED) is 0.114. The molecule has 254 valence electrons. The third-order valence-corrected chi connectivity index (χ3v) is 7.72. The molecule has 15 nitrogen and oxygen atoms in total. The first kappa shape index (κ1) is 35.3. The molecule has 0 saturated carbocycles. The molecule has 0 amide bonds. The lowest BCUT2D eigenvalue weighted by molar-refractivity contribution is -0.357. The van der Waals surface area contributed by atoms with Gasteiger partial charge in [-0.05, 0) is 43.2 Å². The maximum Gasteiger partial charge on any atom is 0.331 e. The Bertz CT molecular complexity index is 1340. The van der Waals surface area contributed by atoms with Crippen molar-refractivity contribution in [2.24, 2.45) is 0 Å². The van der Waals surface area contributed by atoms with E-state index >= 15 is 0 Å². The highest BCUT2D eigenvalue weighted by Crippen LogP contribution is 2.33. The second kappa shape index (κ2) is 15.9. The smallest absolute Gasteiger partial charge is 0.331 e. The fourth-order valence-corrected chi connectivity index (χ4v) is 5.11. The van der Waals surface area contributed by atoms with E-state index in [2.05, 4.69) is 0 Å². The Morgan fingerprint density at radius 2 is 1.63 bits per heavy atom. The number of hydrogen-bond donors (Lipinski definition) is 7. The molecule has 10 atom stereocenters. The number of para-hydroxylation sites is 1. The van der Waals surface area contributed by atoms with Crippen molar-refractivity contribution in [1.29, 1.82) is 0 Å². The molecule has 0 spiro atoms. The standard InChI is InChI=1S/C31H40O15/c1-15-23(35)25(37)26(38)31(43-15)46-29-27(39)30(42-12-11-17-5-4-6-19(40-2)24(17)36)44-21(14-32)28(29)45-22(34)10-8-16-7-9-18(33)20(13-16)41-3/h4-10,13,15,21,23,25-33,35-39H,11-12,14H2,1-3H3/t15-,21+,23-,25+,26+,27+,28+,29+,30+,31-/m0/s1. The number of carbonyl (C=O) groups excluding carboxylic acids is 1. The molecule has 2 saturated heterocycles. The number of phenolic OH excluding ortho intramolecular Hbond substituents is 2. The fourth-order valence-electron chi connectivity index (χ4n) is 5.11. The Kier molecular flexibility index (Phi) is 12.2. The van der Waals surface area contributed by atoms with Crippen LogP contribution in [0.25, 0.3) is 6.08 Å². The van der Waals surface area contributed by atoms with Crippen LogP contribution in [-0.2, 0) is 34.9 Å². The van der Waals surface area contributed by atoms with E-state index in [1.807, 2.05) is 0 Å². The number of esters is 1. The highest BCUT2D eigenvalue weighted by atomic mass is 16.7. The molecule has 7 N–H and O–H groups in total. The molecule has 2 aromatic carbocycles. The third-order valence-electron chi connectivity index (χ3n) is 7.72. The average molecular weight is 653 g/mol. The van der Waals surface area contributed by atoms with E-state index in [-0.39, 0.29) is 36.0 Å². The number of ether oxygens (including phenoxy) is 7. The van der Waals surface area contributed by atoms with Crippen LogP contribution < -0.4 is 9.47 Å². The molecular weight excluding hydrogens is 612 g/mol. The zero-order valence-electron chi connectivity index (χ0n) is 25.4. The van der Waals surface area contributed by atoms with Crippen molar-refractivity contribution in [2.45, 2.75) is 74.8 Å². The van der Waals surface area contributed by atoms with Crippen LogP contribution in [0.5, 0.6) is 23.0 Å². The number of rotatable bonds is 12. The Labute approximate surface area is 264 Å². The first-order valence-corrected chi connectivity index (χ1v) is 14.5. The SMILES string of the molecule is COc1cc(C=CC(=O)O[C@H]2[C@H](O[C@@H]3O[C@@H](C)[C@H](O)[C@@H](O)[C@H]3O)[C@@H](O)[C@H](OCCc3cccc(OC)c3O)O[C@@H]2CO)ccc1O. The summed E-state index contributed by atoms with van der Waals surface area (Å²) in [4.78, 5) is 12.9. The average Bonchev–Trinajstić information content (AvgIpc) is 3.05. The van der Waals surface area contributed by atoms with Crippen molar-refractivity contribution in [3.63, 3.8) is 0 Å². The first-order chi connectivity index (χ1) is 22.0. The van der Waals surface area contributed by atoms with Gasteiger partial charge >= 0.3 is 5.97 Å². The van der Waals surface area contributed by atoms with Crippen LogP contribution in [0.15, 0.2) is 42.5 Å². The maximum absolute atomic E-state index is 12.9. The van der Waals surface area contributed by atoms with Crippen LogP contribution in [-0.4, -0.2) is 131 Å². The Balaban J connectivity index is 1.53. The van der Waals surface area contributed by atoms with E-state index in [0.717, 1.165) is 6.08 Å². The van der Waals surface area contributed by atoms with Gasteiger partial charge in [-0.3, -0.25) is 0 Å². The number of benzene rings is 2. The molecule has 0 aliphatic carbocycles. The summed E-state index contributed by atoms with van der Waals surface area (Å²) >= 11 is 0. The zero-order chi connectivity index (χ0) is 33.5. The summed E-state index contributed by atoms with van der Waals surface area (Å²) in [5.41, 5.74) is 0.968. The van der Waals surface area contributed by atoms with E-state index in [1.165, 1.54) is 45.4 Å². The van der Waals surface area contributed by atoms with Gasteiger partial charge in [-0.1, -0.05) is 18.2 Å². The van der Waals surface area contributed by atoms with Crippen molar-refractivity contribution < 1.29 is 73.7 Å². The van der Waals surface area contributed by atoms with Crippen molar-refractivity contribution in [2.75, 3.05) is 27.4 Å². The van der Waals surface area contributed by atoms with E-state index < -0.39 is 74.0 Å². The predicted octanol–water partition coefficient (Wildman–Crippen LogP) is -0.410. The lowest BCUT2D eigenvalue weighted by atomic mass is 9.97. The molecule has 46 heavy (non-hydrogen) atoms. The molecular formula is C31H40O15. The molecule has 0 radical (unpaired) electrons. The van der Waals surface area contributed by atoms with Gasteiger partial charge in [0.2, 0.25) is 0 Å². The van der Waals surface area contributed by atoms with Gasteiger partial charge in [-0.25, -0.2) is 4.79 Å². The lowest BCUT2D eigenvalue weighted by Crippen LogP contribution is -2.65. The molecule has 2 aliphatic heterocycles. The molecule has 2 aliphatic rings. The molecule has 0 aromatic heterocycles. The van der Waals surface area contributed by atoms with Gasteiger partial charge in [0.15, 0.2) is 41.7 Å². The number of aromatic hydroxyl groups is 2. The van der Waals surface area contributed by atoms with Crippen LogP contribution >= 0.6 is 0 Å². The number of aliphatic hydroxyl groups is 5. The number of phenols is 2. The summed E-state index contributed by atoms with van der Waals surface area (Å²) < 4.78 is 38.7. The van der Waals surface area contributed by atoms with Gasteiger partial charge < -0.3 is 68.9 Å². The van der Waals surface area contributed by atoms with Gasteiger partial charge in [0, 0.05) is 11.6 Å². The second-order valence-corrected chi connectivity index (χ2v) is 10.8. The Hall–Kier alpha value is -3.51. The summed E-state index contributed by atoms with van der Waals surface area (Å²) in [6.07, 6.45) is -12.3. The number of hydrogen-bond acceptors (Lipinski definition) is 15. The van der Waals surface area contributed by atoms with Crippen molar-refractivity contribution in [3.8, 4) is 23.0 Å². The van der Waals surface area contributed by atoms with Crippen molar-refractivity contribution >= 4 is 12.0 Å². The van der Waals surface area contributed by atoms with Gasteiger partial charge in [-0.2, -0.15) is 0 Å². The number of carbonyl (C=O) groups is 1. The van der Waals surface area contributed by atoms with Crippen molar-refractivity contribution in [1.82, 2.24) is 0 Å². The van der Waals surface area contributed by atoms with Gasteiger partial charge in [-0.15, -0.1) is 0 Å². The van der Waals surface area contributed by atoms with E-state index in [9.17, 15) is 40.5 Å². The van der Waals surface area contributed by atoms with Gasteiger partial charge in [0.05, 0.1) is 33.5 Å². The van der Waals surface area contributed by atoms with E-state index in [4.69, 9.17) is 33.2 Å². The molecule has 0 unspecified atom stereocenters. The molecule has 4 rings (SSSR count). The second-order valence-electron chi connectivity index (χ2n) is 10.8. The Morgan fingerprint density at radius 1 is 0.891 bits per heavy atom. The molecule has 2 heterocycles. The van der Waals surface area contributed by atoms with Crippen LogP contribution in [0.1, 0.15) is 18.1 Å².